The van der Waals surface area contributed by atoms with Gasteiger partial charge in [0.05, 0.1) is 13.2 Å². The van der Waals surface area contributed by atoms with Crippen molar-refractivity contribution in [2.24, 2.45) is 0 Å². The fraction of sp³-hybridized carbons (Fsp3) is 0.417. The summed E-state index contributed by atoms with van der Waals surface area (Å²) in [5.74, 6) is 0.154. The molecule has 0 saturated heterocycles. The molecule has 0 fully saturated rings. The van der Waals surface area contributed by atoms with E-state index in [-0.39, 0.29) is 22.4 Å². The van der Waals surface area contributed by atoms with Crippen molar-refractivity contribution in [3.63, 3.8) is 0 Å². The Morgan fingerprint density at radius 3 is 1.22 bits per heavy atom. The summed E-state index contributed by atoms with van der Waals surface area (Å²) in [6.07, 6.45) is 0. The maximum Gasteiger partial charge on any atom is 0.159 e. The molecule has 0 aliphatic carbocycles. The van der Waals surface area contributed by atoms with Gasteiger partial charge in [0.2, 0.25) is 0 Å². The van der Waals surface area contributed by atoms with Gasteiger partial charge >= 0.3 is 0 Å². The Bertz CT molecular complexity index is 727. The molecule has 2 aromatic carbocycles. The van der Waals surface area contributed by atoms with E-state index in [1.165, 1.54) is 0 Å². The van der Waals surface area contributed by atoms with E-state index >= 15 is 0 Å². The molecule has 0 unspecified atom stereocenters. The minimum Gasteiger partial charge on any atom is -0.380 e. The Labute approximate surface area is 162 Å². The van der Waals surface area contributed by atoms with E-state index in [4.69, 9.17) is 4.74 Å². The van der Waals surface area contributed by atoms with Crippen LogP contribution >= 0.6 is 0 Å². The quantitative estimate of drug-likeness (QED) is 0.590. The molecule has 0 N–H and O–H groups in total. The van der Waals surface area contributed by atoms with Crippen molar-refractivity contribution in [1.82, 2.24) is 0 Å². The van der Waals surface area contributed by atoms with Crippen molar-refractivity contribution in [3.8, 4) is 0 Å². The summed E-state index contributed by atoms with van der Waals surface area (Å²) in [4.78, 5) is 22.9. The SMILES string of the molecule is CC(=O)c1ccc(C(C)(C)COCC(C)(C)c2ccc(C(C)=O)cc2)cc1. The molecule has 0 radical (unpaired) electrons. The van der Waals surface area contributed by atoms with Crippen LogP contribution in [0.4, 0.5) is 0 Å². The zero-order chi connectivity index (χ0) is 20.2. The van der Waals surface area contributed by atoms with Crippen LogP contribution < -0.4 is 0 Å². The number of ketones is 2. The highest BCUT2D eigenvalue weighted by atomic mass is 16.5. The average molecular weight is 367 g/mol. The lowest BCUT2D eigenvalue weighted by molar-refractivity contribution is 0.0633. The standard InChI is InChI=1S/C24H30O3/c1-17(25)19-7-11-21(12-8-19)23(3,4)15-27-16-24(5,6)22-13-9-20(10-14-22)18(2)26/h7-14H,15-16H2,1-6H3. The van der Waals surface area contributed by atoms with Crippen LogP contribution in [0.3, 0.4) is 0 Å². The Morgan fingerprint density at radius 1 is 0.667 bits per heavy atom. The number of hydrogen-bond donors (Lipinski definition) is 0. The smallest absolute Gasteiger partial charge is 0.159 e. The molecular weight excluding hydrogens is 336 g/mol. The molecule has 0 bridgehead atoms. The summed E-state index contributed by atoms with van der Waals surface area (Å²) in [5.41, 5.74) is 3.46. The largest absolute Gasteiger partial charge is 0.380 e. The molecule has 0 heterocycles. The van der Waals surface area contributed by atoms with Gasteiger partial charge in [0.25, 0.3) is 0 Å². The van der Waals surface area contributed by atoms with Gasteiger partial charge in [-0.2, -0.15) is 0 Å². The second-order valence-corrected chi connectivity index (χ2v) is 8.53. The first-order chi connectivity index (χ1) is 12.5. The van der Waals surface area contributed by atoms with Gasteiger partial charge in [0, 0.05) is 22.0 Å². The summed E-state index contributed by atoms with van der Waals surface area (Å²) in [6, 6.07) is 15.5. The van der Waals surface area contributed by atoms with Crippen molar-refractivity contribution < 1.29 is 14.3 Å². The fourth-order valence-corrected chi connectivity index (χ4v) is 3.04. The molecule has 27 heavy (non-hydrogen) atoms. The summed E-state index contributed by atoms with van der Waals surface area (Å²) in [7, 11) is 0. The lowest BCUT2D eigenvalue weighted by Gasteiger charge is -2.30. The van der Waals surface area contributed by atoms with Crippen LogP contribution in [0.2, 0.25) is 0 Å². The summed E-state index contributed by atoms with van der Waals surface area (Å²) >= 11 is 0. The lowest BCUT2D eigenvalue weighted by atomic mass is 9.83. The zero-order valence-electron chi connectivity index (χ0n) is 17.3. The van der Waals surface area contributed by atoms with Crippen molar-refractivity contribution in [2.75, 3.05) is 13.2 Å². The molecule has 3 nitrogen and oxygen atoms in total. The minimum atomic E-state index is -0.149. The van der Waals surface area contributed by atoms with Gasteiger partial charge in [0.1, 0.15) is 0 Å². The molecule has 0 spiro atoms. The third kappa shape index (κ3) is 5.36. The number of hydrogen-bond acceptors (Lipinski definition) is 3. The molecular formula is C24H30O3. The van der Waals surface area contributed by atoms with Gasteiger partial charge in [-0.25, -0.2) is 0 Å². The Balaban J connectivity index is 2.00. The van der Waals surface area contributed by atoms with Crippen LogP contribution in [0.25, 0.3) is 0 Å². The van der Waals surface area contributed by atoms with E-state index in [0.717, 1.165) is 22.3 Å². The first-order valence-corrected chi connectivity index (χ1v) is 9.34. The topological polar surface area (TPSA) is 43.4 Å². The highest BCUT2D eigenvalue weighted by molar-refractivity contribution is 5.94. The first-order valence-electron chi connectivity index (χ1n) is 9.34. The predicted octanol–water partition coefficient (Wildman–Crippen LogP) is 5.36. The number of Topliss-reactive ketones (excluding diaryl/α,β-unsaturated/α-hetero) is 2. The van der Waals surface area contributed by atoms with Gasteiger partial charge in [0.15, 0.2) is 11.6 Å². The van der Waals surface area contributed by atoms with E-state index < -0.39 is 0 Å². The third-order valence-electron chi connectivity index (χ3n) is 5.07. The zero-order valence-corrected chi connectivity index (χ0v) is 17.3. The number of ether oxygens (including phenoxy) is 1. The number of carbonyl (C=O) groups excluding carboxylic acids is 2. The molecule has 144 valence electrons. The van der Waals surface area contributed by atoms with Crippen LogP contribution in [0.15, 0.2) is 48.5 Å². The summed E-state index contributed by atoms with van der Waals surface area (Å²) < 4.78 is 6.09. The third-order valence-corrected chi connectivity index (χ3v) is 5.07. The summed E-state index contributed by atoms with van der Waals surface area (Å²) in [5, 5.41) is 0. The minimum absolute atomic E-state index is 0.0770. The highest BCUT2D eigenvalue weighted by Gasteiger charge is 2.25. The van der Waals surface area contributed by atoms with Gasteiger partial charge in [-0.05, 0) is 25.0 Å². The number of rotatable bonds is 8. The molecule has 0 saturated carbocycles. The summed E-state index contributed by atoms with van der Waals surface area (Å²) in [6.45, 7) is 12.9. The fourth-order valence-electron chi connectivity index (χ4n) is 3.04. The molecule has 0 aromatic heterocycles. The molecule has 0 aliphatic rings. The Kier molecular flexibility index (Phi) is 6.38. The van der Waals surface area contributed by atoms with E-state index in [1.54, 1.807) is 13.8 Å². The Hall–Kier alpha value is -2.26. The lowest BCUT2D eigenvalue weighted by Crippen LogP contribution is -2.30. The van der Waals surface area contributed by atoms with Crippen LogP contribution in [-0.2, 0) is 15.6 Å². The van der Waals surface area contributed by atoms with Gasteiger partial charge in [-0.15, -0.1) is 0 Å². The second kappa shape index (κ2) is 8.18. The van der Waals surface area contributed by atoms with Crippen molar-refractivity contribution in [2.45, 2.75) is 52.4 Å². The molecule has 2 rings (SSSR count). The number of carbonyl (C=O) groups is 2. The Morgan fingerprint density at radius 2 is 0.963 bits per heavy atom. The van der Waals surface area contributed by atoms with Crippen molar-refractivity contribution in [3.05, 3.63) is 70.8 Å². The normalized spacial score (nSPS) is 12.1. The van der Waals surface area contributed by atoms with Gasteiger partial charge < -0.3 is 4.74 Å². The van der Waals surface area contributed by atoms with Crippen LogP contribution in [0, 0.1) is 0 Å². The maximum absolute atomic E-state index is 11.4. The maximum atomic E-state index is 11.4. The van der Waals surface area contributed by atoms with Crippen molar-refractivity contribution >= 4 is 11.6 Å². The van der Waals surface area contributed by atoms with E-state index in [1.807, 2.05) is 48.5 Å². The van der Waals surface area contributed by atoms with Crippen LogP contribution in [0.5, 0.6) is 0 Å². The van der Waals surface area contributed by atoms with Crippen LogP contribution in [0.1, 0.15) is 73.4 Å². The molecule has 0 amide bonds. The van der Waals surface area contributed by atoms with E-state index in [0.29, 0.717) is 13.2 Å². The molecule has 2 aromatic rings. The van der Waals surface area contributed by atoms with E-state index in [2.05, 4.69) is 27.7 Å². The predicted molar refractivity (Wildman–Crippen MR) is 110 cm³/mol. The van der Waals surface area contributed by atoms with Crippen molar-refractivity contribution in [1.29, 1.82) is 0 Å². The van der Waals surface area contributed by atoms with E-state index in [9.17, 15) is 9.59 Å². The van der Waals surface area contributed by atoms with Gasteiger partial charge in [-0.3, -0.25) is 9.59 Å². The number of benzene rings is 2. The second-order valence-electron chi connectivity index (χ2n) is 8.53. The molecule has 0 atom stereocenters. The van der Waals surface area contributed by atoms with Gasteiger partial charge in [-0.1, -0.05) is 76.2 Å². The average Bonchev–Trinajstić information content (AvgIpc) is 2.61. The molecule has 0 aliphatic heterocycles. The molecule has 3 heteroatoms. The first kappa shape index (κ1) is 21.0. The van der Waals surface area contributed by atoms with Crippen LogP contribution in [-0.4, -0.2) is 24.8 Å². The monoisotopic (exact) mass is 366 g/mol. The highest BCUT2D eigenvalue weighted by Crippen LogP contribution is 2.27.